The summed E-state index contributed by atoms with van der Waals surface area (Å²) in [5, 5.41) is 0. The smallest absolute Gasteiger partial charge is 0.123 e. The fourth-order valence-corrected chi connectivity index (χ4v) is 1.83. The molecule has 1 aromatic rings. The lowest BCUT2D eigenvalue weighted by Crippen LogP contribution is -2.36. The molecule has 1 aromatic carbocycles. The van der Waals surface area contributed by atoms with Gasteiger partial charge in [-0.05, 0) is 17.7 Å². The summed E-state index contributed by atoms with van der Waals surface area (Å²) in [5.41, 5.74) is 7.08. The van der Waals surface area contributed by atoms with E-state index in [1.54, 1.807) is 26.4 Å². The van der Waals surface area contributed by atoms with Gasteiger partial charge in [-0.25, -0.2) is 4.39 Å². The second-order valence-electron chi connectivity index (χ2n) is 4.44. The van der Waals surface area contributed by atoms with Crippen LogP contribution in [-0.2, 0) is 9.47 Å². The van der Waals surface area contributed by atoms with Crippen molar-refractivity contribution in [2.45, 2.75) is 6.04 Å². The predicted octanol–water partition coefficient (Wildman–Crippen LogP) is 1.42. The topological polar surface area (TPSA) is 47.7 Å². The van der Waals surface area contributed by atoms with Crippen LogP contribution in [0.25, 0.3) is 0 Å². The van der Waals surface area contributed by atoms with Gasteiger partial charge in [-0.2, -0.15) is 0 Å². The number of rotatable bonds is 9. The SMILES string of the molecule is COCCN(CCOC)CC(N)c1ccc(F)cc1. The second kappa shape index (κ2) is 8.98. The van der Waals surface area contributed by atoms with Crippen LogP contribution in [0.3, 0.4) is 0 Å². The Kier molecular flexibility index (Phi) is 7.59. The molecule has 0 saturated heterocycles. The van der Waals surface area contributed by atoms with Crippen molar-refractivity contribution in [2.75, 3.05) is 47.1 Å². The zero-order valence-electron chi connectivity index (χ0n) is 11.6. The highest BCUT2D eigenvalue weighted by atomic mass is 19.1. The average molecular weight is 270 g/mol. The van der Waals surface area contributed by atoms with Gasteiger partial charge < -0.3 is 15.2 Å². The molecule has 0 bridgehead atoms. The number of nitrogens with zero attached hydrogens (tertiary/aromatic N) is 1. The molecular weight excluding hydrogens is 247 g/mol. The Morgan fingerprint density at radius 2 is 1.63 bits per heavy atom. The van der Waals surface area contributed by atoms with Crippen molar-refractivity contribution < 1.29 is 13.9 Å². The zero-order chi connectivity index (χ0) is 14.1. The Morgan fingerprint density at radius 3 is 2.11 bits per heavy atom. The highest BCUT2D eigenvalue weighted by molar-refractivity contribution is 5.19. The van der Waals surface area contributed by atoms with E-state index in [1.807, 2.05) is 0 Å². The largest absolute Gasteiger partial charge is 0.383 e. The van der Waals surface area contributed by atoms with Gasteiger partial charge in [0.05, 0.1) is 13.2 Å². The van der Waals surface area contributed by atoms with Crippen molar-refractivity contribution in [1.29, 1.82) is 0 Å². The summed E-state index contributed by atoms with van der Waals surface area (Å²) >= 11 is 0. The number of halogens is 1. The van der Waals surface area contributed by atoms with Crippen molar-refractivity contribution >= 4 is 0 Å². The lowest BCUT2D eigenvalue weighted by Gasteiger charge is -2.25. The summed E-state index contributed by atoms with van der Waals surface area (Å²) in [4.78, 5) is 2.18. The van der Waals surface area contributed by atoms with E-state index >= 15 is 0 Å². The molecular formula is C14H23FN2O2. The lowest BCUT2D eigenvalue weighted by atomic mass is 10.1. The van der Waals surface area contributed by atoms with Gasteiger partial charge in [0.1, 0.15) is 5.82 Å². The minimum atomic E-state index is -0.244. The monoisotopic (exact) mass is 270 g/mol. The third kappa shape index (κ3) is 6.11. The molecule has 4 nitrogen and oxygen atoms in total. The first-order valence-electron chi connectivity index (χ1n) is 6.38. The molecule has 0 aliphatic carbocycles. The van der Waals surface area contributed by atoms with Crippen molar-refractivity contribution in [3.63, 3.8) is 0 Å². The molecule has 0 saturated carbocycles. The first-order valence-corrected chi connectivity index (χ1v) is 6.38. The Bertz CT molecular complexity index is 338. The summed E-state index contributed by atoms with van der Waals surface area (Å²) in [7, 11) is 3.35. The quantitative estimate of drug-likeness (QED) is 0.737. The number of ether oxygens (including phenoxy) is 2. The van der Waals surface area contributed by atoms with Crippen LogP contribution in [-0.4, -0.2) is 52.0 Å². The van der Waals surface area contributed by atoms with Crippen molar-refractivity contribution in [3.05, 3.63) is 35.6 Å². The highest BCUT2D eigenvalue weighted by Crippen LogP contribution is 2.12. The third-order valence-corrected chi connectivity index (χ3v) is 2.98. The van der Waals surface area contributed by atoms with Crippen LogP contribution in [0.2, 0.25) is 0 Å². The molecule has 19 heavy (non-hydrogen) atoms. The highest BCUT2D eigenvalue weighted by Gasteiger charge is 2.12. The molecule has 108 valence electrons. The van der Waals surface area contributed by atoms with Gasteiger partial charge in [0.15, 0.2) is 0 Å². The summed E-state index contributed by atoms with van der Waals surface area (Å²) in [6, 6.07) is 6.18. The minimum Gasteiger partial charge on any atom is -0.383 e. The fourth-order valence-electron chi connectivity index (χ4n) is 1.83. The molecule has 0 heterocycles. The van der Waals surface area contributed by atoms with Crippen molar-refractivity contribution in [3.8, 4) is 0 Å². The maximum atomic E-state index is 12.9. The van der Waals surface area contributed by atoms with Gasteiger partial charge in [0, 0.05) is 39.9 Å². The Labute approximate surface area is 114 Å². The second-order valence-corrected chi connectivity index (χ2v) is 4.44. The molecule has 1 unspecified atom stereocenters. The summed E-state index contributed by atoms with van der Waals surface area (Å²) in [6.45, 7) is 3.60. The zero-order valence-corrected chi connectivity index (χ0v) is 11.6. The Hall–Kier alpha value is -1.01. The lowest BCUT2D eigenvalue weighted by molar-refractivity contribution is 0.110. The number of hydrogen-bond acceptors (Lipinski definition) is 4. The Morgan fingerprint density at radius 1 is 1.11 bits per heavy atom. The minimum absolute atomic E-state index is 0.144. The van der Waals surface area contributed by atoms with Crippen molar-refractivity contribution in [1.82, 2.24) is 4.90 Å². The molecule has 1 atom stereocenters. The van der Waals surface area contributed by atoms with Crippen LogP contribution in [0.1, 0.15) is 11.6 Å². The summed E-state index contributed by atoms with van der Waals surface area (Å²) in [5.74, 6) is -0.244. The predicted molar refractivity (Wildman–Crippen MR) is 73.5 cm³/mol. The van der Waals surface area contributed by atoms with E-state index in [0.29, 0.717) is 19.8 Å². The third-order valence-electron chi connectivity index (χ3n) is 2.98. The molecule has 2 N–H and O–H groups in total. The van der Waals surface area contributed by atoms with Crippen LogP contribution in [0, 0.1) is 5.82 Å². The molecule has 1 rings (SSSR count). The first kappa shape index (κ1) is 16.0. The van der Waals surface area contributed by atoms with Crippen LogP contribution < -0.4 is 5.73 Å². The van der Waals surface area contributed by atoms with E-state index in [2.05, 4.69) is 4.90 Å². The molecule has 0 aliphatic rings. The fraction of sp³-hybridized carbons (Fsp3) is 0.571. The Balaban J connectivity index is 2.53. The standard InChI is InChI=1S/C14H23FN2O2/c1-18-9-7-17(8-10-19-2)11-14(16)12-3-5-13(15)6-4-12/h3-6,14H,7-11,16H2,1-2H3. The molecule has 5 heteroatoms. The van der Waals surface area contributed by atoms with E-state index in [4.69, 9.17) is 15.2 Å². The van der Waals surface area contributed by atoms with E-state index < -0.39 is 0 Å². The van der Waals surface area contributed by atoms with Gasteiger partial charge in [-0.1, -0.05) is 12.1 Å². The van der Waals surface area contributed by atoms with Gasteiger partial charge in [0.25, 0.3) is 0 Å². The van der Waals surface area contributed by atoms with Crippen LogP contribution in [0.15, 0.2) is 24.3 Å². The van der Waals surface area contributed by atoms with Crippen molar-refractivity contribution in [2.24, 2.45) is 5.73 Å². The van der Waals surface area contributed by atoms with Crippen LogP contribution >= 0.6 is 0 Å². The number of hydrogen-bond donors (Lipinski definition) is 1. The molecule has 0 fully saturated rings. The van der Waals surface area contributed by atoms with Gasteiger partial charge in [-0.3, -0.25) is 4.90 Å². The maximum absolute atomic E-state index is 12.9. The first-order chi connectivity index (χ1) is 9.17. The summed E-state index contributed by atoms with van der Waals surface area (Å²) in [6.07, 6.45) is 0. The number of nitrogens with two attached hydrogens (primary N) is 1. The van der Waals surface area contributed by atoms with Gasteiger partial charge in [0.2, 0.25) is 0 Å². The van der Waals surface area contributed by atoms with Crippen LogP contribution in [0.5, 0.6) is 0 Å². The van der Waals surface area contributed by atoms with E-state index in [9.17, 15) is 4.39 Å². The molecule has 0 spiro atoms. The van der Waals surface area contributed by atoms with Crippen LogP contribution in [0.4, 0.5) is 4.39 Å². The van der Waals surface area contributed by atoms with E-state index in [0.717, 1.165) is 18.7 Å². The van der Waals surface area contributed by atoms with E-state index in [1.165, 1.54) is 12.1 Å². The molecule has 0 radical (unpaired) electrons. The summed E-state index contributed by atoms with van der Waals surface area (Å²) < 4.78 is 23.0. The normalized spacial score (nSPS) is 12.9. The van der Waals surface area contributed by atoms with E-state index in [-0.39, 0.29) is 11.9 Å². The maximum Gasteiger partial charge on any atom is 0.123 e. The number of methoxy groups -OCH3 is 2. The average Bonchev–Trinajstić information content (AvgIpc) is 2.42. The number of benzene rings is 1. The molecule has 0 amide bonds. The van der Waals surface area contributed by atoms with Gasteiger partial charge >= 0.3 is 0 Å². The molecule has 0 aliphatic heterocycles. The van der Waals surface area contributed by atoms with Gasteiger partial charge in [-0.15, -0.1) is 0 Å². The molecule has 0 aromatic heterocycles.